The number of imidazole rings is 1. The summed E-state index contributed by atoms with van der Waals surface area (Å²) in [5.41, 5.74) is 2.03. The van der Waals surface area contributed by atoms with Gasteiger partial charge in [0.05, 0.1) is 19.0 Å². The number of hydrogen-bond donors (Lipinski definition) is 2. The summed E-state index contributed by atoms with van der Waals surface area (Å²) in [6, 6.07) is 7.92. The van der Waals surface area contributed by atoms with Crippen LogP contribution in [0.1, 0.15) is 5.82 Å². The van der Waals surface area contributed by atoms with Crippen LogP contribution in [0.15, 0.2) is 30.5 Å². The molecule has 0 spiro atoms. The van der Waals surface area contributed by atoms with Gasteiger partial charge >= 0.3 is 0 Å². The van der Waals surface area contributed by atoms with Crippen LogP contribution in [0.3, 0.4) is 0 Å². The molecule has 2 aromatic rings. The molecule has 4 heteroatoms. The molecule has 0 saturated carbocycles. The fourth-order valence-electron chi connectivity index (χ4n) is 1.74. The van der Waals surface area contributed by atoms with Crippen molar-refractivity contribution in [1.82, 2.24) is 15.3 Å². The van der Waals surface area contributed by atoms with Crippen molar-refractivity contribution in [3.05, 3.63) is 36.3 Å². The second-order valence-corrected chi connectivity index (χ2v) is 3.80. The first kappa shape index (κ1) is 11.7. The van der Waals surface area contributed by atoms with E-state index in [4.69, 9.17) is 4.74 Å². The summed E-state index contributed by atoms with van der Waals surface area (Å²) in [6.07, 6.45) is 2.74. The standard InChI is InChI=1S/C13H17N3O/c1-14-8-7-13-15-9-11(16-13)10-5-3-4-6-12(10)17-2/h3-6,9,14H,7-8H2,1-2H3,(H,15,16). The highest BCUT2D eigenvalue weighted by Crippen LogP contribution is 2.27. The molecule has 0 amide bonds. The van der Waals surface area contributed by atoms with E-state index in [0.717, 1.165) is 35.8 Å². The molecule has 0 saturated heterocycles. The van der Waals surface area contributed by atoms with Crippen LogP contribution in [0, 0.1) is 0 Å². The van der Waals surface area contributed by atoms with Crippen LogP contribution in [0.25, 0.3) is 11.3 Å². The fourth-order valence-corrected chi connectivity index (χ4v) is 1.74. The minimum Gasteiger partial charge on any atom is -0.496 e. The van der Waals surface area contributed by atoms with Crippen molar-refractivity contribution in [2.24, 2.45) is 0 Å². The summed E-state index contributed by atoms with van der Waals surface area (Å²) in [5, 5.41) is 3.10. The molecule has 0 atom stereocenters. The van der Waals surface area contributed by atoms with E-state index >= 15 is 0 Å². The number of nitrogens with zero attached hydrogens (tertiary/aromatic N) is 1. The number of aromatic amines is 1. The first-order valence-electron chi connectivity index (χ1n) is 5.67. The maximum Gasteiger partial charge on any atom is 0.128 e. The van der Waals surface area contributed by atoms with Gasteiger partial charge in [0.2, 0.25) is 0 Å². The van der Waals surface area contributed by atoms with Gasteiger partial charge in [-0.3, -0.25) is 0 Å². The molecule has 0 aliphatic carbocycles. The average Bonchev–Trinajstić information content (AvgIpc) is 2.85. The van der Waals surface area contributed by atoms with Gasteiger partial charge in [0.1, 0.15) is 11.6 Å². The van der Waals surface area contributed by atoms with Crippen molar-refractivity contribution < 1.29 is 4.74 Å². The molecule has 17 heavy (non-hydrogen) atoms. The van der Waals surface area contributed by atoms with Gasteiger partial charge in [0, 0.05) is 18.5 Å². The predicted molar refractivity (Wildman–Crippen MR) is 68.2 cm³/mol. The predicted octanol–water partition coefficient (Wildman–Crippen LogP) is 1.85. The molecule has 1 heterocycles. The number of benzene rings is 1. The Morgan fingerprint density at radius 1 is 1.35 bits per heavy atom. The van der Waals surface area contributed by atoms with Crippen molar-refractivity contribution in [3.8, 4) is 17.0 Å². The van der Waals surface area contributed by atoms with Crippen LogP contribution < -0.4 is 10.1 Å². The molecular formula is C13H17N3O. The molecule has 0 unspecified atom stereocenters. The van der Waals surface area contributed by atoms with Gasteiger partial charge in [-0.05, 0) is 19.2 Å². The summed E-state index contributed by atoms with van der Waals surface area (Å²) in [6.45, 7) is 0.916. The molecule has 1 aromatic heterocycles. The molecular weight excluding hydrogens is 214 g/mol. The number of H-pyrrole nitrogens is 1. The SMILES string of the molecule is CNCCc1ncc(-c2ccccc2OC)[nH]1. The molecule has 4 nitrogen and oxygen atoms in total. The third kappa shape index (κ3) is 2.65. The highest BCUT2D eigenvalue weighted by atomic mass is 16.5. The molecule has 2 rings (SSSR count). The molecule has 90 valence electrons. The third-order valence-corrected chi connectivity index (χ3v) is 2.64. The van der Waals surface area contributed by atoms with E-state index in [0.29, 0.717) is 0 Å². The van der Waals surface area contributed by atoms with E-state index in [-0.39, 0.29) is 0 Å². The lowest BCUT2D eigenvalue weighted by Crippen LogP contribution is -2.11. The maximum atomic E-state index is 5.33. The molecule has 2 N–H and O–H groups in total. The number of likely N-dealkylation sites (N-methyl/N-ethyl adjacent to an activating group) is 1. The van der Waals surface area contributed by atoms with Crippen molar-refractivity contribution in [1.29, 1.82) is 0 Å². The van der Waals surface area contributed by atoms with E-state index in [2.05, 4.69) is 15.3 Å². The van der Waals surface area contributed by atoms with Gasteiger partial charge in [-0.2, -0.15) is 0 Å². The Bertz CT molecular complexity index is 479. The number of nitrogens with one attached hydrogen (secondary N) is 2. The Morgan fingerprint density at radius 2 is 2.18 bits per heavy atom. The summed E-state index contributed by atoms with van der Waals surface area (Å²) >= 11 is 0. The van der Waals surface area contributed by atoms with Crippen LogP contribution in [-0.2, 0) is 6.42 Å². The van der Waals surface area contributed by atoms with Crippen molar-refractivity contribution in [3.63, 3.8) is 0 Å². The molecule has 0 aliphatic heterocycles. The summed E-state index contributed by atoms with van der Waals surface area (Å²) in [7, 11) is 3.61. The normalized spacial score (nSPS) is 10.5. The average molecular weight is 231 g/mol. The molecule has 0 fully saturated rings. The second-order valence-electron chi connectivity index (χ2n) is 3.80. The lowest BCUT2D eigenvalue weighted by molar-refractivity contribution is 0.416. The van der Waals surface area contributed by atoms with Crippen LogP contribution >= 0.6 is 0 Å². The molecule has 0 bridgehead atoms. The van der Waals surface area contributed by atoms with Crippen molar-refractivity contribution in [2.45, 2.75) is 6.42 Å². The van der Waals surface area contributed by atoms with Crippen LogP contribution in [-0.4, -0.2) is 30.7 Å². The largest absolute Gasteiger partial charge is 0.496 e. The maximum absolute atomic E-state index is 5.33. The van der Waals surface area contributed by atoms with E-state index in [1.165, 1.54) is 0 Å². The zero-order valence-electron chi connectivity index (χ0n) is 10.2. The topological polar surface area (TPSA) is 49.9 Å². The van der Waals surface area contributed by atoms with Gasteiger partial charge in [0.25, 0.3) is 0 Å². The number of methoxy groups -OCH3 is 1. The minimum absolute atomic E-state index is 0.858. The number of rotatable bonds is 5. The van der Waals surface area contributed by atoms with Gasteiger partial charge in [-0.15, -0.1) is 0 Å². The van der Waals surface area contributed by atoms with E-state index in [1.807, 2.05) is 37.5 Å². The molecule has 1 aromatic carbocycles. The van der Waals surface area contributed by atoms with E-state index in [9.17, 15) is 0 Å². The fraction of sp³-hybridized carbons (Fsp3) is 0.308. The first-order valence-corrected chi connectivity index (χ1v) is 5.67. The lowest BCUT2D eigenvalue weighted by atomic mass is 10.1. The highest BCUT2D eigenvalue weighted by Gasteiger charge is 2.07. The van der Waals surface area contributed by atoms with Crippen molar-refractivity contribution in [2.75, 3.05) is 20.7 Å². The van der Waals surface area contributed by atoms with Gasteiger partial charge in [-0.25, -0.2) is 4.98 Å². The molecule has 0 aliphatic rings. The number of aromatic nitrogens is 2. The Balaban J connectivity index is 2.24. The zero-order chi connectivity index (χ0) is 12.1. The Hall–Kier alpha value is -1.81. The molecule has 0 radical (unpaired) electrons. The third-order valence-electron chi connectivity index (χ3n) is 2.64. The number of hydrogen-bond acceptors (Lipinski definition) is 3. The van der Waals surface area contributed by atoms with Gasteiger partial charge in [0.15, 0.2) is 0 Å². The highest BCUT2D eigenvalue weighted by molar-refractivity contribution is 5.66. The van der Waals surface area contributed by atoms with Crippen LogP contribution in [0.4, 0.5) is 0 Å². The van der Waals surface area contributed by atoms with Crippen LogP contribution in [0.2, 0.25) is 0 Å². The lowest BCUT2D eigenvalue weighted by Gasteiger charge is -2.05. The summed E-state index contributed by atoms with van der Waals surface area (Å²) < 4.78 is 5.33. The van der Waals surface area contributed by atoms with E-state index < -0.39 is 0 Å². The Kier molecular flexibility index (Phi) is 3.77. The second kappa shape index (κ2) is 5.50. The van der Waals surface area contributed by atoms with Gasteiger partial charge in [-0.1, -0.05) is 12.1 Å². The quantitative estimate of drug-likeness (QED) is 0.825. The van der Waals surface area contributed by atoms with E-state index in [1.54, 1.807) is 7.11 Å². The Morgan fingerprint density at radius 3 is 2.94 bits per heavy atom. The smallest absolute Gasteiger partial charge is 0.128 e. The van der Waals surface area contributed by atoms with Crippen molar-refractivity contribution >= 4 is 0 Å². The van der Waals surface area contributed by atoms with Crippen LogP contribution in [0.5, 0.6) is 5.75 Å². The van der Waals surface area contributed by atoms with Gasteiger partial charge < -0.3 is 15.0 Å². The zero-order valence-corrected chi connectivity index (χ0v) is 10.2. The number of ether oxygens (including phenoxy) is 1. The summed E-state index contributed by atoms with van der Waals surface area (Å²) in [4.78, 5) is 7.66. The summed E-state index contributed by atoms with van der Waals surface area (Å²) in [5.74, 6) is 1.84. The number of para-hydroxylation sites is 1. The Labute approximate surface area is 101 Å². The minimum atomic E-state index is 0.858. The first-order chi connectivity index (χ1) is 8.35. The monoisotopic (exact) mass is 231 g/mol.